The van der Waals surface area contributed by atoms with E-state index in [0.717, 1.165) is 41.9 Å². The number of unbranched alkanes of at least 4 members (excludes halogenated alkanes) is 4. The van der Waals surface area contributed by atoms with Crippen molar-refractivity contribution in [3.63, 3.8) is 0 Å². The first kappa shape index (κ1) is 28.1. The second-order valence-electron chi connectivity index (χ2n) is 11.0. The van der Waals surface area contributed by atoms with Crippen LogP contribution in [-0.4, -0.2) is 5.97 Å². The molecule has 0 atom stereocenters. The van der Waals surface area contributed by atoms with Crippen LogP contribution in [0.2, 0.25) is 0 Å². The third-order valence-electron chi connectivity index (χ3n) is 8.16. The zero-order chi connectivity index (χ0) is 26.7. The number of rotatable bonds is 12. The van der Waals surface area contributed by atoms with Crippen molar-refractivity contribution in [3.8, 4) is 16.9 Å². The van der Waals surface area contributed by atoms with Gasteiger partial charge in [-0.3, -0.25) is 0 Å². The smallest absolute Gasteiger partial charge is 0.343 e. The average molecular weight is 515 g/mol. The molecule has 38 heavy (non-hydrogen) atoms. The lowest BCUT2D eigenvalue weighted by Gasteiger charge is -2.29. The fourth-order valence-electron chi connectivity index (χ4n) is 5.75. The molecule has 0 N–H and O–H groups in total. The SMILES string of the molecule is CCCCCc1ccc(-c2ccc(OC(=O)c3ccc(C4CCC(CCCCC)CC4)c(F)c3)cc2)cc1. The van der Waals surface area contributed by atoms with Gasteiger partial charge in [0.25, 0.3) is 0 Å². The van der Waals surface area contributed by atoms with Crippen LogP contribution in [0.5, 0.6) is 5.75 Å². The van der Waals surface area contributed by atoms with Gasteiger partial charge >= 0.3 is 5.97 Å². The van der Waals surface area contributed by atoms with Crippen LogP contribution < -0.4 is 4.74 Å². The minimum absolute atomic E-state index is 0.250. The van der Waals surface area contributed by atoms with Gasteiger partial charge in [0.05, 0.1) is 5.56 Å². The summed E-state index contributed by atoms with van der Waals surface area (Å²) in [6.07, 6.45) is 14.4. The fourth-order valence-corrected chi connectivity index (χ4v) is 5.75. The lowest BCUT2D eigenvalue weighted by Crippen LogP contribution is -2.15. The van der Waals surface area contributed by atoms with E-state index < -0.39 is 5.97 Å². The van der Waals surface area contributed by atoms with Gasteiger partial charge in [-0.2, -0.15) is 0 Å². The molecular weight excluding hydrogens is 471 g/mol. The van der Waals surface area contributed by atoms with Gasteiger partial charge in [-0.1, -0.05) is 94.8 Å². The van der Waals surface area contributed by atoms with Gasteiger partial charge in [-0.15, -0.1) is 0 Å². The Hall–Kier alpha value is -2.94. The highest BCUT2D eigenvalue weighted by molar-refractivity contribution is 5.91. The summed E-state index contributed by atoms with van der Waals surface area (Å²) in [5, 5.41) is 0. The molecule has 0 radical (unpaired) electrons. The molecule has 0 aromatic heterocycles. The van der Waals surface area contributed by atoms with Crippen molar-refractivity contribution < 1.29 is 13.9 Å². The Balaban J connectivity index is 1.31. The van der Waals surface area contributed by atoms with Crippen LogP contribution in [0.1, 0.15) is 112 Å². The first-order valence-electron chi connectivity index (χ1n) is 14.8. The molecule has 3 aromatic rings. The molecule has 3 aromatic carbocycles. The highest BCUT2D eigenvalue weighted by atomic mass is 19.1. The summed E-state index contributed by atoms with van der Waals surface area (Å²) in [5.74, 6) is 0.680. The summed E-state index contributed by atoms with van der Waals surface area (Å²) < 4.78 is 20.6. The van der Waals surface area contributed by atoms with Gasteiger partial charge in [-0.05, 0) is 96.9 Å². The predicted octanol–water partition coefficient (Wildman–Crippen LogP) is 10.3. The molecule has 0 bridgehead atoms. The first-order valence-corrected chi connectivity index (χ1v) is 14.8. The normalized spacial score (nSPS) is 17.3. The largest absolute Gasteiger partial charge is 0.423 e. The minimum atomic E-state index is -0.528. The van der Waals surface area contributed by atoms with Crippen LogP contribution in [-0.2, 0) is 6.42 Å². The van der Waals surface area contributed by atoms with Crippen molar-refractivity contribution in [2.75, 3.05) is 0 Å². The van der Waals surface area contributed by atoms with Crippen molar-refractivity contribution in [3.05, 3.63) is 89.2 Å². The summed E-state index contributed by atoms with van der Waals surface area (Å²) in [5.41, 5.74) is 4.56. The Labute approximate surface area is 228 Å². The highest BCUT2D eigenvalue weighted by Crippen LogP contribution is 2.39. The molecule has 4 rings (SSSR count). The van der Waals surface area contributed by atoms with E-state index in [4.69, 9.17) is 4.74 Å². The molecule has 1 saturated carbocycles. The third-order valence-corrected chi connectivity index (χ3v) is 8.16. The Morgan fingerprint density at radius 2 is 1.42 bits per heavy atom. The number of carbonyl (C=O) groups is 1. The number of carbonyl (C=O) groups excluding carboxylic acids is 1. The first-order chi connectivity index (χ1) is 18.6. The van der Waals surface area contributed by atoms with E-state index in [2.05, 4.69) is 38.1 Å². The summed E-state index contributed by atoms with van der Waals surface area (Å²) >= 11 is 0. The summed E-state index contributed by atoms with van der Waals surface area (Å²) in [4.78, 5) is 12.7. The second kappa shape index (κ2) is 14.3. The Bertz CT molecular complexity index is 1140. The number of esters is 1. The van der Waals surface area contributed by atoms with E-state index >= 15 is 4.39 Å². The number of halogens is 1. The van der Waals surface area contributed by atoms with E-state index in [1.165, 1.54) is 69.4 Å². The quantitative estimate of drug-likeness (QED) is 0.136. The van der Waals surface area contributed by atoms with E-state index in [-0.39, 0.29) is 17.3 Å². The number of ether oxygens (including phenoxy) is 1. The van der Waals surface area contributed by atoms with E-state index in [1.807, 2.05) is 12.1 Å². The highest BCUT2D eigenvalue weighted by Gasteiger charge is 2.25. The molecule has 0 heterocycles. The topological polar surface area (TPSA) is 26.3 Å². The van der Waals surface area contributed by atoms with Gasteiger partial charge < -0.3 is 4.74 Å². The van der Waals surface area contributed by atoms with Crippen molar-refractivity contribution >= 4 is 5.97 Å². The van der Waals surface area contributed by atoms with Crippen molar-refractivity contribution in [1.82, 2.24) is 0 Å². The zero-order valence-electron chi connectivity index (χ0n) is 23.2. The Kier molecular flexibility index (Phi) is 10.6. The molecule has 202 valence electrons. The number of benzene rings is 3. The Morgan fingerprint density at radius 3 is 2.05 bits per heavy atom. The van der Waals surface area contributed by atoms with E-state index in [1.54, 1.807) is 24.3 Å². The molecule has 0 saturated heterocycles. The maximum absolute atomic E-state index is 15.0. The molecule has 0 amide bonds. The van der Waals surface area contributed by atoms with Crippen LogP contribution in [0.3, 0.4) is 0 Å². The molecule has 3 heteroatoms. The number of aryl methyl sites for hydroxylation is 1. The van der Waals surface area contributed by atoms with Gasteiger partial charge in [0, 0.05) is 0 Å². The zero-order valence-corrected chi connectivity index (χ0v) is 23.2. The van der Waals surface area contributed by atoms with Gasteiger partial charge in [-0.25, -0.2) is 9.18 Å². The molecule has 1 aliphatic rings. The molecule has 0 aliphatic heterocycles. The maximum atomic E-state index is 15.0. The van der Waals surface area contributed by atoms with Crippen LogP contribution in [0.25, 0.3) is 11.1 Å². The summed E-state index contributed by atoms with van der Waals surface area (Å²) in [7, 11) is 0. The molecule has 0 spiro atoms. The van der Waals surface area contributed by atoms with Gasteiger partial charge in [0.1, 0.15) is 11.6 Å². The molecule has 1 aliphatic carbocycles. The predicted molar refractivity (Wildman–Crippen MR) is 155 cm³/mol. The van der Waals surface area contributed by atoms with Crippen LogP contribution in [0.15, 0.2) is 66.7 Å². The van der Waals surface area contributed by atoms with Crippen LogP contribution in [0, 0.1) is 11.7 Å². The van der Waals surface area contributed by atoms with Gasteiger partial charge in [0.2, 0.25) is 0 Å². The average Bonchev–Trinajstić information content (AvgIpc) is 2.95. The third kappa shape index (κ3) is 7.79. The molecule has 1 fully saturated rings. The van der Waals surface area contributed by atoms with Crippen LogP contribution >= 0.6 is 0 Å². The maximum Gasteiger partial charge on any atom is 0.343 e. The summed E-state index contributed by atoms with van der Waals surface area (Å²) in [6, 6.07) is 21.0. The van der Waals surface area contributed by atoms with Gasteiger partial charge in [0.15, 0.2) is 0 Å². The van der Waals surface area contributed by atoms with E-state index in [0.29, 0.717) is 5.75 Å². The van der Waals surface area contributed by atoms with E-state index in [9.17, 15) is 4.79 Å². The standard InChI is InChI=1S/C35H43FO2/c1-3-5-7-9-26-11-15-28(16-12-26)29-19-22-32(23-20-29)38-35(37)31-21-24-33(34(36)25-31)30-17-13-27(14-18-30)10-8-6-4-2/h11-12,15-16,19-25,27,30H,3-10,13-14,17-18H2,1-2H3. The lowest BCUT2D eigenvalue weighted by atomic mass is 9.77. The summed E-state index contributed by atoms with van der Waals surface area (Å²) in [6.45, 7) is 4.46. The van der Waals surface area contributed by atoms with Crippen molar-refractivity contribution in [2.24, 2.45) is 5.92 Å². The Morgan fingerprint density at radius 1 is 0.789 bits per heavy atom. The second-order valence-corrected chi connectivity index (χ2v) is 11.0. The molecule has 0 unspecified atom stereocenters. The monoisotopic (exact) mass is 514 g/mol. The minimum Gasteiger partial charge on any atom is -0.423 e. The van der Waals surface area contributed by atoms with Crippen molar-refractivity contribution in [2.45, 2.75) is 96.8 Å². The number of hydrogen-bond donors (Lipinski definition) is 0. The van der Waals surface area contributed by atoms with Crippen molar-refractivity contribution in [1.29, 1.82) is 0 Å². The molecule has 2 nitrogen and oxygen atoms in total. The lowest BCUT2D eigenvalue weighted by molar-refractivity contribution is 0.0734. The van der Waals surface area contributed by atoms with Crippen LogP contribution in [0.4, 0.5) is 4.39 Å². The molecular formula is C35H43FO2. The fraction of sp³-hybridized carbons (Fsp3) is 0.457. The number of hydrogen-bond acceptors (Lipinski definition) is 2.